The summed E-state index contributed by atoms with van der Waals surface area (Å²) in [6.07, 6.45) is 10.0. The third kappa shape index (κ3) is 7.44. The molecule has 0 spiro atoms. The summed E-state index contributed by atoms with van der Waals surface area (Å²) in [5.41, 5.74) is -0.636. The van der Waals surface area contributed by atoms with Gasteiger partial charge in [0.15, 0.2) is 6.29 Å². The van der Waals surface area contributed by atoms with Crippen LogP contribution in [0.5, 0.6) is 0 Å². The van der Waals surface area contributed by atoms with Crippen molar-refractivity contribution in [2.24, 2.45) is 11.8 Å². The second-order valence-corrected chi connectivity index (χ2v) is 6.73. The van der Waals surface area contributed by atoms with Crippen LogP contribution in [0.3, 0.4) is 0 Å². The molecule has 124 valence electrons. The summed E-state index contributed by atoms with van der Waals surface area (Å²) in [6.45, 7) is 9.82. The van der Waals surface area contributed by atoms with Crippen molar-refractivity contribution in [3.63, 3.8) is 0 Å². The van der Waals surface area contributed by atoms with Crippen molar-refractivity contribution in [1.29, 1.82) is 0 Å². The van der Waals surface area contributed by atoms with Gasteiger partial charge in [0.2, 0.25) is 0 Å². The van der Waals surface area contributed by atoms with Crippen LogP contribution in [0.15, 0.2) is 12.2 Å². The minimum absolute atomic E-state index is 0.175. The van der Waals surface area contributed by atoms with Crippen LogP contribution >= 0.6 is 0 Å². The normalized spacial score (nSPS) is 28.4. The number of unbranched alkanes of at least 4 members (excludes halogenated alkanes) is 1. The van der Waals surface area contributed by atoms with E-state index in [0.29, 0.717) is 18.4 Å². The van der Waals surface area contributed by atoms with E-state index in [1.54, 1.807) is 0 Å². The lowest BCUT2D eigenvalue weighted by atomic mass is 9.73. The summed E-state index contributed by atoms with van der Waals surface area (Å²) in [5, 5.41) is 10.7. The van der Waals surface area contributed by atoms with Crippen molar-refractivity contribution in [2.75, 3.05) is 13.2 Å². The minimum atomic E-state index is -0.636. The van der Waals surface area contributed by atoms with E-state index in [-0.39, 0.29) is 6.29 Å². The Morgan fingerprint density at radius 3 is 2.71 bits per heavy atom. The molecule has 0 amide bonds. The van der Waals surface area contributed by atoms with E-state index in [1.807, 2.05) is 19.1 Å². The van der Waals surface area contributed by atoms with E-state index < -0.39 is 5.60 Å². The summed E-state index contributed by atoms with van der Waals surface area (Å²) in [6, 6.07) is 0. The lowest BCUT2D eigenvalue weighted by molar-refractivity contribution is -0.123. The van der Waals surface area contributed by atoms with Crippen LogP contribution in [0.1, 0.15) is 66.2 Å². The van der Waals surface area contributed by atoms with Gasteiger partial charge >= 0.3 is 0 Å². The maximum Gasteiger partial charge on any atom is 0.155 e. The SMILES string of the molecule is CCCCOC(C)OCC=CC1(O)CCCC(C(C)C)C1. The van der Waals surface area contributed by atoms with Gasteiger partial charge < -0.3 is 14.6 Å². The van der Waals surface area contributed by atoms with Gasteiger partial charge in [0, 0.05) is 6.61 Å². The van der Waals surface area contributed by atoms with Crippen molar-refractivity contribution < 1.29 is 14.6 Å². The van der Waals surface area contributed by atoms with Gasteiger partial charge in [-0.2, -0.15) is 0 Å². The molecule has 1 saturated carbocycles. The zero-order valence-corrected chi connectivity index (χ0v) is 14.3. The molecule has 3 nitrogen and oxygen atoms in total. The van der Waals surface area contributed by atoms with Gasteiger partial charge in [0.1, 0.15) is 0 Å². The zero-order valence-electron chi connectivity index (χ0n) is 14.3. The Balaban J connectivity index is 2.28. The first-order valence-electron chi connectivity index (χ1n) is 8.60. The molecule has 0 heterocycles. The second-order valence-electron chi connectivity index (χ2n) is 6.73. The molecule has 21 heavy (non-hydrogen) atoms. The van der Waals surface area contributed by atoms with E-state index in [0.717, 1.165) is 38.7 Å². The van der Waals surface area contributed by atoms with Crippen LogP contribution in [0, 0.1) is 11.8 Å². The third-order valence-corrected chi connectivity index (χ3v) is 4.45. The summed E-state index contributed by atoms with van der Waals surface area (Å²) < 4.78 is 11.1. The van der Waals surface area contributed by atoms with Crippen LogP contribution < -0.4 is 0 Å². The molecule has 0 bridgehead atoms. The number of rotatable bonds is 9. The smallest absolute Gasteiger partial charge is 0.155 e. The number of hydrogen-bond acceptors (Lipinski definition) is 3. The molecule has 1 aliphatic rings. The lowest BCUT2D eigenvalue weighted by Gasteiger charge is -2.36. The minimum Gasteiger partial charge on any atom is -0.386 e. The first-order chi connectivity index (χ1) is 9.97. The summed E-state index contributed by atoms with van der Waals surface area (Å²) in [5.74, 6) is 1.28. The van der Waals surface area contributed by atoms with Crippen LogP contribution in [-0.2, 0) is 9.47 Å². The molecule has 0 aromatic rings. The molecule has 1 fully saturated rings. The summed E-state index contributed by atoms with van der Waals surface area (Å²) in [4.78, 5) is 0. The largest absolute Gasteiger partial charge is 0.386 e. The predicted octanol–water partition coefficient (Wildman–Crippen LogP) is 4.30. The Labute approximate surface area is 130 Å². The van der Waals surface area contributed by atoms with Gasteiger partial charge in [0.25, 0.3) is 0 Å². The molecule has 0 aliphatic heterocycles. The molecule has 3 atom stereocenters. The highest BCUT2D eigenvalue weighted by molar-refractivity contribution is 5.04. The Bertz CT molecular complexity index is 301. The van der Waals surface area contributed by atoms with E-state index in [9.17, 15) is 5.11 Å². The number of aliphatic hydroxyl groups is 1. The highest BCUT2D eigenvalue weighted by Gasteiger charge is 2.33. The number of hydrogen-bond donors (Lipinski definition) is 1. The van der Waals surface area contributed by atoms with E-state index in [2.05, 4.69) is 20.8 Å². The molecular formula is C18H34O3. The van der Waals surface area contributed by atoms with Gasteiger partial charge in [-0.05, 0) is 50.9 Å². The van der Waals surface area contributed by atoms with E-state index >= 15 is 0 Å². The quantitative estimate of drug-likeness (QED) is 0.392. The molecule has 0 radical (unpaired) electrons. The van der Waals surface area contributed by atoms with Gasteiger partial charge in [0.05, 0.1) is 12.2 Å². The topological polar surface area (TPSA) is 38.7 Å². The van der Waals surface area contributed by atoms with Crippen LogP contribution in [0.4, 0.5) is 0 Å². The molecule has 0 aromatic heterocycles. The van der Waals surface area contributed by atoms with Gasteiger partial charge in [-0.3, -0.25) is 0 Å². The fourth-order valence-corrected chi connectivity index (χ4v) is 2.95. The van der Waals surface area contributed by atoms with Crippen molar-refractivity contribution in [3.8, 4) is 0 Å². The zero-order chi connectivity index (χ0) is 15.7. The molecule has 0 saturated heterocycles. The molecule has 3 heteroatoms. The Morgan fingerprint density at radius 2 is 2.05 bits per heavy atom. The van der Waals surface area contributed by atoms with Crippen molar-refractivity contribution in [3.05, 3.63) is 12.2 Å². The average molecular weight is 298 g/mol. The monoisotopic (exact) mass is 298 g/mol. The maximum atomic E-state index is 10.7. The highest BCUT2D eigenvalue weighted by atomic mass is 16.7. The molecule has 1 rings (SSSR count). The van der Waals surface area contributed by atoms with Crippen LogP contribution in [0.2, 0.25) is 0 Å². The third-order valence-electron chi connectivity index (χ3n) is 4.45. The molecule has 1 aliphatic carbocycles. The first-order valence-corrected chi connectivity index (χ1v) is 8.60. The average Bonchev–Trinajstić information content (AvgIpc) is 2.44. The second kappa shape index (κ2) is 9.60. The van der Waals surface area contributed by atoms with Crippen LogP contribution in [0.25, 0.3) is 0 Å². The molecule has 0 aromatic carbocycles. The fraction of sp³-hybridized carbons (Fsp3) is 0.889. The lowest BCUT2D eigenvalue weighted by Crippen LogP contribution is -2.35. The van der Waals surface area contributed by atoms with Crippen molar-refractivity contribution in [2.45, 2.75) is 78.1 Å². The fourth-order valence-electron chi connectivity index (χ4n) is 2.95. The number of ether oxygens (including phenoxy) is 2. The predicted molar refractivity (Wildman–Crippen MR) is 87.2 cm³/mol. The van der Waals surface area contributed by atoms with Crippen LogP contribution in [-0.4, -0.2) is 30.2 Å². The van der Waals surface area contributed by atoms with E-state index in [1.165, 1.54) is 6.42 Å². The highest BCUT2D eigenvalue weighted by Crippen LogP contribution is 2.37. The molecular weight excluding hydrogens is 264 g/mol. The summed E-state index contributed by atoms with van der Waals surface area (Å²) >= 11 is 0. The maximum absolute atomic E-state index is 10.7. The summed E-state index contributed by atoms with van der Waals surface area (Å²) in [7, 11) is 0. The standard InChI is InChI=1S/C18H34O3/c1-5-6-12-20-16(4)21-13-8-11-18(19)10-7-9-17(14-18)15(2)3/h8,11,15-17,19H,5-7,9-10,12-14H2,1-4H3. The molecule has 3 unspecified atom stereocenters. The first kappa shape index (κ1) is 18.7. The van der Waals surface area contributed by atoms with Crippen molar-refractivity contribution in [1.82, 2.24) is 0 Å². The van der Waals surface area contributed by atoms with E-state index in [4.69, 9.17) is 9.47 Å². The Morgan fingerprint density at radius 1 is 1.29 bits per heavy atom. The van der Waals surface area contributed by atoms with Gasteiger partial charge in [-0.15, -0.1) is 0 Å². The van der Waals surface area contributed by atoms with Crippen molar-refractivity contribution >= 4 is 0 Å². The van der Waals surface area contributed by atoms with Gasteiger partial charge in [-0.25, -0.2) is 0 Å². The van der Waals surface area contributed by atoms with Gasteiger partial charge in [-0.1, -0.05) is 39.3 Å². The Kier molecular flexibility index (Phi) is 8.53. The Hall–Kier alpha value is -0.380. The molecule has 1 N–H and O–H groups in total.